The van der Waals surface area contributed by atoms with Gasteiger partial charge in [-0.2, -0.15) is 4.31 Å². The fourth-order valence-corrected chi connectivity index (χ4v) is 4.48. The summed E-state index contributed by atoms with van der Waals surface area (Å²) in [5.41, 5.74) is 0. The summed E-state index contributed by atoms with van der Waals surface area (Å²) in [7, 11) is 0.599. The van der Waals surface area contributed by atoms with Crippen LogP contribution in [-0.2, 0) is 10.0 Å². The molecule has 0 amide bonds. The lowest BCUT2D eigenvalue weighted by molar-refractivity contribution is 0.348. The van der Waals surface area contributed by atoms with E-state index in [0.29, 0.717) is 13.1 Å². The molecule has 1 aliphatic heterocycles. The van der Waals surface area contributed by atoms with E-state index in [0.717, 1.165) is 18.9 Å². The third-order valence-electron chi connectivity index (χ3n) is 3.79. The van der Waals surface area contributed by atoms with Gasteiger partial charge in [0, 0.05) is 31.3 Å². The quantitative estimate of drug-likeness (QED) is 0.826. The maximum absolute atomic E-state index is 14.3. The molecular weight excluding hydrogens is 347 g/mol. The Kier molecular flexibility index (Phi) is 7.06. The fourth-order valence-electron chi connectivity index (χ4n) is 2.72. The summed E-state index contributed by atoms with van der Waals surface area (Å²) < 4.78 is 51.2. The van der Waals surface area contributed by atoms with Crippen LogP contribution in [0.3, 0.4) is 0 Å². The van der Waals surface area contributed by atoms with Crippen molar-refractivity contribution in [3.05, 3.63) is 17.9 Å². The molecule has 0 aliphatic carbocycles. The van der Waals surface area contributed by atoms with E-state index in [4.69, 9.17) is 9.47 Å². The van der Waals surface area contributed by atoms with E-state index in [1.54, 1.807) is 7.05 Å². The Labute approximate surface area is 142 Å². The molecule has 23 heavy (non-hydrogen) atoms. The number of likely N-dealkylation sites (N-methyl/N-ethyl adjacent to an activating group) is 1. The van der Waals surface area contributed by atoms with Crippen LogP contribution in [0.1, 0.15) is 12.8 Å². The Hall–Kier alpha value is -1.09. The van der Waals surface area contributed by atoms with Crippen LogP contribution >= 0.6 is 12.4 Å². The van der Waals surface area contributed by atoms with Gasteiger partial charge in [0.1, 0.15) is 10.7 Å². The predicted octanol–water partition coefficient (Wildman–Crippen LogP) is 1.64. The summed E-state index contributed by atoms with van der Waals surface area (Å²) in [6.07, 6.45) is 1.52. The standard InChI is InChI=1S/C14H21FN2O4S.ClH/c1-16-9-10-5-4-6-17(10)22(18,19)14-8-13(21-3)12(20-2)7-11(14)15;/h7-8,10,16H,4-6,9H2,1-3H3;1H. The fraction of sp³-hybridized carbons (Fsp3) is 0.571. The molecule has 0 saturated carbocycles. The van der Waals surface area contributed by atoms with Crippen LogP contribution in [0.2, 0.25) is 0 Å². The maximum Gasteiger partial charge on any atom is 0.246 e. The van der Waals surface area contributed by atoms with Crippen molar-refractivity contribution in [2.24, 2.45) is 0 Å². The molecule has 1 fully saturated rings. The third-order valence-corrected chi connectivity index (χ3v) is 5.75. The highest BCUT2D eigenvalue weighted by Gasteiger charge is 2.37. The molecule has 1 unspecified atom stereocenters. The summed E-state index contributed by atoms with van der Waals surface area (Å²) in [6, 6.07) is 2.05. The summed E-state index contributed by atoms with van der Waals surface area (Å²) >= 11 is 0. The second-order valence-electron chi connectivity index (χ2n) is 5.11. The van der Waals surface area contributed by atoms with Gasteiger partial charge in [0.2, 0.25) is 10.0 Å². The second kappa shape index (κ2) is 8.14. The van der Waals surface area contributed by atoms with E-state index in [1.165, 1.54) is 24.6 Å². The third kappa shape index (κ3) is 3.88. The zero-order chi connectivity index (χ0) is 16.3. The number of halogens is 2. The summed E-state index contributed by atoms with van der Waals surface area (Å²) in [6.45, 7) is 0.927. The highest BCUT2D eigenvalue weighted by atomic mass is 35.5. The highest BCUT2D eigenvalue weighted by Crippen LogP contribution is 2.34. The van der Waals surface area contributed by atoms with E-state index in [9.17, 15) is 12.8 Å². The van der Waals surface area contributed by atoms with Gasteiger partial charge in [-0.1, -0.05) is 0 Å². The molecule has 0 radical (unpaired) electrons. The zero-order valence-electron chi connectivity index (χ0n) is 13.3. The number of benzene rings is 1. The summed E-state index contributed by atoms with van der Waals surface area (Å²) in [5, 5.41) is 2.97. The van der Waals surface area contributed by atoms with Gasteiger partial charge in [-0.05, 0) is 19.9 Å². The number of sulfonamides is 1. The van der Waals surface area contributed by atoms with Crippen molar-refractivity contribution >= 4 is 22.4 Å². The largest absolute Gasteiger partial charge is 0.493 e. The van der Waals surface area contributed by atoms with Gasteiger partial charge in [0.15, 0.2) is 11.5 Å². The molecule has 1 saturated heterocycles. The van der Waals surface area contributed by atoms with Crippen molar-refractivity contribution in [1.82, 2.24) is 9.62 Å². The van der Waals surface area contributed by atoms with Gasteiger partial charge in [0.25, 0.3) is 0 Å². The lowest BCUT2D eigenvalue weighted by Gasteiger charge is -2.24. The monoisotopic (exact) mass is 368 g/mol. The van der Waals surface area contributed by atoms with Crippen molar-refractivity contribution in [2.45, 2.75) is 23.8 Å². The lowest BCUT2D eigenvalue weighted by atomic mass is 10.2. The van der Waals surface area contributed by atoms with Crippen LogP contribution in [0, 0.1) is 5.82 Å². The topological polar surface area (TPSA) is 67.9 Å². The summed E-state index contributed by atoms with van der Waals surface area (Å²) in [4.78, 5) is -0.381. The van der Waals surface area contributed by atoms with Crippen LogP contribution in [0.25, 0.3) is 0 Å². The molecule has 9 heteroatoms. The van der Waals surface area contributed by atoms with Crippen LogP contribution in [-0.4, -0.2) is 53.1 Å². The number of ether oxygens (including phenoxy) is 2. The van der Waals surface area contributed by atoms with Crippen LogP contribution in [0.15, 0.2) is 17.0 Å². The zero-order valence-corrected chi connectivity index (χ0v) is 15.0. The minimum Gasteiger partial charge on any atom is -0.493 e. The van der Waals surface area contributed by atoms with Gasteiger partial charge in [-0.25, -0.2) is 12.8 Å². The molecule has 1 heterocycles. The second-order valence-corrected chi connectivity index (χ2v) is 6.97. The van der Waals surface area contributed by atoms with Gasteiger partial charge >= 0.3 is 0 Å². The SMILES string of the molecule is CNCC1CCCN1S(=O)(=O)c1cc(OC)c(OC)cc1F.Cl. The van der Waals surface area contributed by atoms with E-state index >= 15 is 0 Å². The van der Waals surface area contributed by atoms with Crippen molar-refractivity contribution in [1.29, 1.82) is 0 Å². The molecule has 1 aromatic carbocycles. The van der Waals surface area contributed by atoms with E-state index in [2.05, 4.69) is 5.32 Å². The lowest BCUT2D eigenvalue weighted by Crippen LogP contribution is -2.41. The molecule has 1 aromatic rings. The molecule has 0 bridgehead atoms. The summed E-state index contributed by atoms with van der Waals surface area (Å²) in [5.74, 6) is -0.494. The molecule has 0 spiro atoms. The number of hydrogen-bond donors (Lipinski definition) is 1. The van der Waals surface area contributed by atoms with Gasteiger partial charge in [-0.15, -0.1) is 12.4 Å². The van der Waals surface area contributed by atoms with Crippen molar-refractivity contribution in [2.75, 3.05) is 34.4 Å². The molecule has 2 rings (SSSR count). The predicted molar refractivity (Wildman–Crippen MR) is 87.6 cm³/mol. The first kappa shape index (κ1) is 20.0. The molecule has 1 atom stereocenters. The minimum absolute atomic E-state index is 0. The first-order valence-electron chi connectivity index (χ1n) is 7.03. The Bertz CT molecular complexity index is 642. The smallest absolute Gasteiger partial charge is 0.246 e. The maximum atomic E-state index is 14.3. The Morgan fingerprint density at radius 1 is 1.30 bits per heavy atom. The first-order chi connectivity index (χ1) is 10.5. The molecule has 1 aliphatic rings. The molecule has 132 valence electrons. The van der Waals surface area contributed by atoms with Crippen molar-refractivity contribution in [3.63, 3.8) is 0 Å². The Morgan fingerprint density at radius 2 is 1.91 bits per heavy atom. The van der Waals surface area contributed by atoms with Crippen LogP contribution in [0.4, 0.5) is 4.39 Å². The molecule has 0 aromatic heterocycles. The van der Waals surface area contributed by atoms with Crippen LogP contribution in [0.5, 0.6) is 11.5 Å². The average molecular weight is 369 g/mol. The van der Waals surface area contributed by atoms with Crippen molar-refractivity contribution < 1.29 is 22.3 Å². The molecular formula is C14H22ClFN2O4S. The highest BCUT2D eigenvalue weighted by molar-refractivity contribution is 7.89. The Morgan fingerprint density at radius 3 is 2.48 bits per heavy atom. The van der Waals surface area contributed by atoms with E-state index < -0.39 is 15.8 Å². The number of hydrogen-bond acceptors (Lipinski definition) is 5. The number of methoxy groups -OCH3 is 2. The van der Waals surface area contributed by atoms with E-state index in [-0.39, 0.29) is 34.8 Å². The van der Waals surface area contributed by atoms with Gasteiger partial charge in [-0.3, -0.25) is 0 Å². The molecule has 1 N–H and O–H groups in total. The normalized spacial score (nSPS) is 18.5. The average Bonchev–Trinajstić information content (AvgIpc) is 2.96. The van der Waals surface area contributed by atoms with Crippen LogP contribution < -0.4 is 14.8 Å². The van der Waals surface area contributed by atoms with E-state index in [1.807, 2.05) is 0 Å². The number of rotatable bonds is 6. The van der Waals surface area contributed by atoms with Crippen molar-refractivity contribution in [3.8, 4) is 11.5 Å². The Balaban J connectivity index is 0.00000264. The number of nitrogens with zero attached hydrogens (tertiary/aromatic N) is 1. The first-order valence-corrected chi connectivity index (χ1v) is 8.47. The molecule has 6 nitrogen and oxygen atoms in total. The van der Waals surface area contributed by atoms with Gasteiger partial charge in [0.05, 0.1) is 14.2 Å². The van der Waals surface area contributed by atoms with Gasteiger partial charge < -0.3 is 14.8 Å². The minimum atomic E-state index is -3.92. The number of nitrogens with one attached hydrogen (secondary N) is 1.